The number of hydrogen-bond donors (Lipinski definition) is 0. The average Bonchev–Trinajstić information content (AvgIpc) is 2.55. The second kappa shape index (κ2) is 6.08. The van der Waals surface area contributed by atoms with Crippen LogP contribution in [0.2, 0.25) is 5.22 Å². The summed E-state index contributed by atoms with van der Waals surface area (Å²) < 4.78 is 5.53. The fourth-order valence-electron chi connectivity index (χ4n) is 2.36. The maximum absolute atomic E-state index is 12.3. The Morgan fingerprint density at radius 1 is 1.18 bits per heavy atom. The van der Waals surface area contributed by atoms with Gasteiger partial charge in [0.25, 0.3) is 5.56 Å². The summed E-state index contributed by atoms with van der Waals surface area (Å²) >= 11 is 6.15. The van der Waals surface area contributed by atoms with Gasteiger partial charge in [0.05, 0.1) is 0 Å². The number of aromatic nitrogens is 1. The zero-order valence-corrected chi connectivity index (χ0v) is 12.5. The van der Waals surface area contributed by atoms with E-state index in [1.165, 1.54) is 0 Å². The Balaban J connectivity index is 1.91. The van der Waals surface area contributed by atoms with Crippen molar-refractivity contribution in [2.45, 2.75) is 0 Å². The number of nitriles is 1. The molecular formula is C15H13ClN4O2. The van der Waals surface area contributed by atoms with E-state index in [9.17, 15) is 4.79 Å². The minimum absolute atomic E-state index is 0.0314. The first-order valence-electron chi connectivity index (χ1n) is 6.84. The predicted molar refractivity (Wildman–Crippen MR) is 82.6 cm³/mol. The number of benzene rings is 1. The number of halogens is 1. The van der Waals surface area contributed by atoms with Gasteiger partial charge in [-0.3, -0.25) is 4.79 Å². The summed E-state index contributed by atoms with van der Waals surface area (Å²) in [7, 11) is 0. The lowest BCUT2D eigenvalue weighted by Gasteiger charge is -2.30. The zero-order valence-electron chi connectivity index (χ0n) is 11.7. The van der Waals surface area contributed by atoms with Crippen molar-refractivity contribution < 1.29 is 4.42 Å². The minimum Gasteiger partial charge on any atom is -0.412 e. The molecule has 1 aromatic carbocycles. The molecule has 0 unspecified atom stereocenters. The predicted octanol–water partition coefficient (Wildman–Crippen LogP) is 1.96. The first-order chi connectivity index (χ1) is 10.7. The first kappa shape index (κ1) is 14.4. The largest absolute Gasteiger partial charge is 0.412 e. The summed E-state index contributed by atoms with van der Waals surface area (Å²) in [6.07, 6.45) is 2.10. The molecule has 112 valence electrons. The van der Waals surface area contributed by atoms with Crippen LogP contribution in [0, 0.1) is 11.5 Å². The Labute approximate surface area is 132 Å². The second-order valence-electron chi connectivity index (χ2n) is 4.89. The molecule has 7 heteroatoms. The summed E-state index contributed by atoms with van der Waals surface area (Å²) in [5, 5.41) is 8.88. The van der Waals surface area contributed by atoms with Crippen LogP contribution in [-0.2, 0) is 0 Å². The molecule has 22 heavy (non-hydrogen) atoms. The number of hydrogen-bond acceptors (Lipinski definition) is 6. The van der Waals surface area contributed by atoms with E-state index >= 15 is 0 Å². The van der Waals surface area contributed by atoms with Gasteiger partial charge in [-0.05, 0) is 17.2 Å². The summed E-state index contributed by atoms with van der Waals surface area (Å²) in [5.74, 6) is 0. The van der Waals surface area contributed by atoms with Crippen LogP contribution < -0.4 is 10.5 Å². The van der Waals surface area contributed by atoms with Crippen LogP contribution >= 0.6 is 11.6 Å². The Morgan fingerprint density at radius 2 is 1.86 bits per heavy atom. The highest BCUT2D eigenvalue weighted by molar-refractivity contribution is 6.31. The van der Waals surface area contributed by atoms with Crippen LogP contribution in [0.5, 0.6) is 0 Å². The van der Waals surface area contributed by atoms with E-state index in [1.807, 2.05) is 23.1 Å². The quantitative estimate of drug-likeness (QED) is 0.789. The first-order valence-corrected chi connectivity index (χ1v) is 7.22. The topological polar surface area (TPSA) is 73.4 Å². The van der Waals surface area contributed by atoms with Crippen molar-refractivity contribution in [1.82, 2.24) is 9.88 Å². The monoisotopic (exact) mass is 316 g/mol. The minimum atomic E-state index is -0.417. The van der Waals surface area contributed by atoms with Crippen LogP contribution in [0.4, 0.5) is 6.01 Å². The normalized spacial score (nSPS) is 14.7. The molecule has 1 fully saturated rings. The van der Waals surface area contributed by atoms with Gasteiger partial charge < -0.3 is 14.2 Å². The Morgan fingerprint density at radius 3 is 2.45 bits per heavy atom. The molecule has 0 bridgehead atoms. The third kappa shape index (κ3) is 2.76. The fraction of sp³-hybridized carbons (Fsp3) is 0.267. The molecule has 1 aliphatic heterocycles. The molecule has 1 aromatic heterocycles. The molecule has 0 amide bonds. The van der Waals surface area contributed by atoms with E-state index in [-0.39, 0.29) is 16.8 Å². The van der Waals surface area contributed by atoms with Crippen LogP contribution in [0.15, 0.2) is 39.5 Å². The highest BCUT2D eigenvalue weighted by Crippen LogP contribution is 2.27. The lowest BCUT2D eigenvalue weighted by atomic mass is 10.1. The summed E-state index contributed by atoms with van der Waals surface area (Å²) in [6.45, 7) is 2.26. The molecule has 0 saturated carbocycles. The van der Waals surface area contributed by atoms with Crippen molar-refractivity contribution in [1.29, 1.82) is 5.26 Å². The molecule has 3 rings (SSSR count). The third-order valence-electron chi connectivity index (χ3n) is 3.54. The standard InChI is InChI=1S/C15H13ClN4O2/c16-13-12(11-4-2-1-3-5-11)14(21)18-15(22-13)20-8-6-19(10-17)7-9-20/h1-5H,6-9H2. The van der Waals surface area contributed by atoms with Crippen LogP contribution in [0.1, 0.15) is 0 Å². The smallest absolute Gasteiger partial charge is 0.302 e. The maximum Gasteiger partial charge on any atom is 0.302 e. The zero-order chi connectivity index (χ0) is 15.5. The molecule has 0 radical (unpaired) electrons. The Kier molecular flexibility index (Phi) is 3.98. The molecule has 0 atom stereocenters. The van der Waals surface area contributed by atoms with Gasteiger partial charge >= 0.3 is 6.01 Å². The molecule has 1 saturated heterocycles. The number of nitrogens with zero attached hydrogens (tertiary/aromatic N) is 4. The lowest BCUT2D eigenvalue weighted by Crippen LogP contribution is -2.45. The van der Waals surface area contributed by atoms with E-state index in [0.717, 1.165) is 0 Å². The third-order valence-corrected chi connectivity index (χ3v) is 3.81. The van der Waals surface area contributed by atoms with Gasteiger partial charge in [0.1, 0.15) is 5.56 Å². The van der Waals surface area contributed by atoms with Gasteiger partial charge in [0, 0.05) is 26.2 Å². The van der Waals surface area contributed by atoms with Crippen LogP contribution in [-0.4, -0.2) is 36.1 Å². The molecule has 0 spiro atoms. The SMILES string of the molecule is N#CN1CCN(c2nc(=O)c(-c3ccccc3)c(Cl)o2)CC1. The van der Waals surface area contributed by atoms with Gasteiger partial charge in [0.15, 0.2) is 6.19 Å². The summed E-state index contributed by atoms with van der Waals surface area (Å²) in [6, 6.07) is 9.26. The molecule has 0 N–H and O–H groups in total. The van der Waals surface area contributed by atoms with Crippen molar-refractivity contribution in [3.63, 3.8) is 0 Å². The summed E-state index contributed by atoms with van der Waals surface area (Å²) in [4.78, 5) is 19.7. The van der Waals surface area contributed by atoms with Crippen molar-refractivity contribution in [2.24, 2.45) is 0 Å². The summed E-state index contributed by atoms with van der Waals surface area (Å²) in [5.41, 5.74) is 0.524. The fourth-order valence-corrected chi connectivity index (χ4v) is 2.61. The van der Waals surface area contributed by atoms with E-state index in [4.69, 9.17) is 21.3 Å². The van der Waals surface area contributed by atoms with E-state index in [2.05, 4.69) is 11.2 Å². The van der Waals surface area contributed by atoms with Crippen molar-refractivity contribution in [3.05, 3.63) is 45.9 Å². The van der Waals surface area contributed by atoms with Crippen molar-refractivity contribution >= 4 is 17.6 Å². The van der Waals surface area contributed by atoms with Crippen LogP contribution in [0.3, 0.4) is 0 Å². The molecule has 0 aliphatic carbocycles. The second-order valence-corrected chi connectivity index (χ2v) is 5.23. The van der Waals surface area contributed by atoms with E-state index in [0.29, 0.717) is 31.7 Å². The average molecular weight is 317 g/mol. The Bertz CT molecular complexity index is 761. The number of rotatable bonds is 2. The maximum atomic E-state index is 12.3. The molecule has 2 heterocycles. The van der Waals surface area contributed by atoms with Gasteiger partial charge in [-0.1, -0.05) is 30.3 Å². The van der Waals surface area contributed by atoms with E-state index in [1.54, 1.807) is 17.0 Å². The Hall–Kier alpha value is -2.52. The van der Waals surface area contributed by atoms with Gasteiger partial charge in [-0.25, -0.2) is 0 Å². The molecular weight excluding hydrogens is 304 g/mol. The molecule has 1 aliphatic rings. The lowest BCUT2D eigenvalue weighted by molar-refractivity contribution is 0.348. The number of anilines is 1. The molecule has 6 nitrogen and oxygen atoms in total. The van der Waals surface area contributed by atoms with Crippen molar-refractivity contribution in [2.75, 3.05) is 31.1 Å². The number of piperazine rings is 1. The van der Waals surface area contributed by atoms with E-state index < -0.39 is 5.56 Å². The highest BCUT2D eigenvalue weighted by atomic mass is 35.5. The van der Waals surface area contributed by atoms with Gasteiger partial charge in [-0.2, -0.15) is 10.2 Å². The van der Waals surface area contributed by atoms with Gasteiger partial charge in [0.2, 0.25) is 5.22 Å². The van der Waals surface area contributed by atoms with Crippen LogP contribution in [0.25, 0.3) is 11.1 Å². The highest BCUT2D eigenvalue weighted by Gasteiger charge is 2.22. The van der Waals surface area contributed by atoms with Gasteiger partial charge in [-0.15, -0.1) is 0 Å². The van der Waals surface area contributed by atoms with Crippen molar-refractivity contribution in [3.8, 4) is 17.3 Å². The molecule has 2 aromatic rings.